The van der Waals surface area contributed by atoms with Crippen molar-refractivity contribution in [1.82, 2.24) is 0 Å². The second-order valence-electron chi connectivity index (χ2n) is 17.1. The van der Waals surface area contributed by atoms with Crippen LogP contribution in [0.2, 0.25) is 0 Å². The third kappa shape index (κ3) is 46.5. The molecule has 0 bridgehead atoms. The minimum Gasteiger partial charge on any atom is -0.462 e. The molecule has 0 saturated heterocycles. The summed E-state index contributed by atoms with van der Waals surface area (Å²) in [6.07, 6.45) is 55.5. The summed E-state index contributed by atoms with van der Waals surface area (Å²) >= 11 is 0. The maximum atomic E-state index is 12.7. The molecular weight excluding hydrogens is 733 g/mol. The summed E-state index contributed by atoms with van der Waals surface area (Å²) in [6.45, 7) is 6.58. The Hall–Kier alpha value is -2.37. The second kappa shape index (κ2) is 48.3. The van der Waals surface area contributed by atoms with E-state index < -0.39 is 6.10 Å². The molecule has 0 aliphatic rings. The normalized spacial score (nSPS) is 12.3. The Kier molecular flexibility index (Phi) is 46.4. The van der Waals surface area contributed by atoms with Crippen LogP contribution in [0.4, 0.5) is 0 Å². The zero-order valence-corrected chi connectivity index (χ0v) is 39.3. The van der Waals surface area contributed by atoms with Crippen molar-refractivity contribution in [2.24, 2.45) is 0 Å². The van der Waals surface area contributed by atoms with Gasteiger partial charge in [-0.25, -0.2) is 0 Å². The van der Waals surface area contributed by atoms with Crippen LogP contribution in [0.25, 0.3) is 0 Å². The molecule has 0 aromatic rings. The van der Waals surface area contributed by atoms with Crippen molar-refractivity contribution in [3.63, 3.8) is 0 Å². The molecule has 0 aliphatic carbocycles. The lowest BCUT2D eigenvalue weighted by atomic mass is 10.0. The molecule has 0 heterocycles. The van der Waals surface area contributed by atoms with E-state index in [0.717, 1.165) is 83.5 Å². The molecule has 1 unspecified atom stereocenters. The molecule has 0 fully saturated rings. The van der Waals surface area contributed by atoms with Crippen LogP contribution in [0.3, 0.4) is 0 Å². The molecule has 0 N–H and O–H groups in total. The van der Waals surface area contributed by atoms with Gasteiger partial charge >= 0.3 is 17.9 Å². The smallest absolute Gasteiger partial charge is 0.306 e. The number of allylic oxidation sites excluding steroid dienone is 6. The first-order valence-electron chi connectivity index (χ1n) is 25.5. The molecule has 0 spiro atoms. The molecule has 6 heteroatoms. The topological polar surface area (TPSA) is 78.9 Å². The average molecular weight is 829 g/mol. The SMILES string of the molecule is CCCC/C=C\CCCCCCCC(=O)OCC(COC(=O)CCCCCCC/C=C\C=C/CCCCCCCCC)OC(=O)CCCCCCCCCCCCCC. The van der Waals surface area contributed by atoms with Gasteiger partial charge in [0, 0.05) is 19.3 Å². The Morgan fingerprint density at radius 1 is 0.339 bits per heavy atom. The number of esters is 3. The van der Waals surface area contributed by atoms with Gasteiger partial charge in [-0.05, 0) is 64.2 Å². The third-order valence-electron chi connectivity index (χ3n) is 11.1. The molecule has 0 aliphatic heterocycles. The fourth-order valence-corrected chi connectivity index (χ4v) is 7.24. The van der Waals surface area contributed by atoms with Gasteiger partial charge in [-0.2, -0.15) is 0 Å². The van der Waals surface area contributed by atoms with E-state index in [2.05, 4.69) is 57.2 Å². The van der Waals surface area contributed by atoms with Crippen LogP contribution < -0.4 is 0 Å². The van der Waals surface area contributed by atoms with Gasteiger partial charge in [0.2, 0.25) is 0 Å². The molecule has 59 heavy (non-hydrogen) atoms. The number of unbranched alkanes of at least 4 members (excludes halogenated alkanes) is 30. The number of carbonyl (C=O) groups excluding carboxylic acids is 3. The lowest BCUT2D eigenvalue weighted by Gasteiger charge is -2.18. The van der Waals surface area contributed by atoms with Crippen molar-refractivity contribution in [3.05, 3.63) is 36.5 Å². The van der Waals surface area contributed by atoms with Crippen molar-refractivity contribution in [2.45, 2.75) is 271 Å². The highest BCUT2D eigenvalue weighted by Gasteiger charge is 2.19. The van der Waals surface area contributed by atoms with E-state index in [-0.39, 0.29) is 31.1 Å². The summed E-state index contributed by atoms with van der Waals surface area (Å²) in [5.41, 5.74) is 0. The Bertz CT molecular complexity index is 1000. The molecule has 1 atom stereocenters. The minimum absolute atomic E-state index is 0.0793. The van der Waals surface area contributed by atoms with Crippen LogP contribution in [0, 0.1) is 0 Å². The third-order valence-corrected chi connectivity index (χ3v) is 11.1. The van der Waals surface area contributed by atoms with Gasteiger partial charge in [0.1, 0.15) is 13.2 Å². The average Bonchev–Trinajstić information content (AvgIpc) is 3.23. The van der Waals surface area contributed by atoms with Crippen molar-refractivity contribution in [3.8, 4) is 0 Å². The molecule has 6 nitrogen and oxygen atoms in total. The summed E-state index contributed by atoms with van der Waals surface area (Å²) in [6, 6.07) is 0. The highest BCUT2D eigenvalue weighted by molar-refractivity contribution is 5.71. The molecular formula is C53H96O6. The zero-order chi connectivity index (χ0) is 43.0. The number of rotatable bonds is 46. The lowest BCUT2D eigenvalue weighted by molar-refractivity contribution is -0.167. The zero-order valence-electron chi connectivity index (χ0n) is 39.3. The van der Waals surface area contributed by atoms with Gasteiger partial charge in [-0.1, -0.05) is 218 Å². The van der Waals surface area contributed by atoms with Gasteiger partial charge < -0.3 is 14.2 Å². The Labute approximate surface area is 365 Å². The van der Waals surface area contributed by atoms with E-state index in [0.29, 0.717) is 19.3 Å². The van der Waals surface area contributed by atoms with Gasteiger partial charge in [0.05, 0.1) is 0 Å². The predicted octanol–water partition coefficient (Wildman–Crippen LogP) is 16.5. The van der Waals surface area contributed by atoms with Crippen LogP contribution in [-0.4, -0.2) is 37.2 Å². The predicted molar refractivity (Wildman–Crippen MR) is 252 cm³/mol. The number of hydrogen-bond donors (Lipinski definition) is 0. The Balaban J connectivity index is 4.35. The molecule has 0 radical (unpaired) electrons. The van der Waals surface area contributed by atoms with Crippen LogP contribution in [0.15, 0.2) is 36.5 Å². The van der Waals surface area contributed by atoms with Crippen LogP contribution in [0.5, 0.6) is 0 Å². The highest BCUT2D eigenvalue weighted by Crippen LogP contribution is 2.15. The minimum atomic E-state index is -0.777. The fourth-order valence-electron chi connectivity index (χ4n) is 7.24. The van der Waals surface area contributed by atoms with E-state index in [4.69, 9.17) is 14.2 Å². The first-order chi connectivity index (χ1) is 29.0. The monoisotopic (exact) mass is 829 g/mol. The summed E-state index contributed by atoms with van der Waals surface area (Å²) in [5.74, 6) is -0.896. The molecule has 0 aromatic carbocycles. The van der Waals surface area contributed by atoms with Crippen molar-refractivity contribution >= 4 is 17.9 Å². The number of hydrogen-bond acceptors (Lipinski definition) is 6. The first-order valence-corrected chi connectivity index (χ1v) is 25.5. The van der Waals surface area contributed by atoms with E-state index in [1.165, 1.54) is 141 Å². The maximum absolute atomic E-state index is 12.7. The molecule has 0 aromatic heterocycles. The second-order valence-corrected chi connectivity index (χ2v) is 17.1. The van der Waals surface area contributed by atoms with Crippen LogP contribution in [-0.2, 0) is 28.6 Å². The van der Waals surface area contributed by atoms with E-state index in [9.17, 15) is 14.4 Å². The fraction of sp³-hybridized carbons (Fsp3) is 0.830. The Morgan fingerprint density at radius 2 is 0.627 bits per heavy atom. The largest absolute Gasteiger partial charge is 0.462 e. The summed E-state index contributed by atoms with van der Waals surface area (Å²) in [7, 11) is 0. The van der Waals surface area contributed by atoms with Gasteiger partial charge in [0.25, 0.3) is 0 Å². The summed E-state index contributed by atoms with van der Waals surface area (Å²) in [4.78, 5) is 37.9. The Morgan fingerprint density at radius 3 is 1.00 bits per heavy atom. The van der Waals surface area contributed by atoms with Crippen LogP contribution >= 0.6 is 0 Å². The standard InChI is InChI=1S/C53H96O6/c1-4-7-10-13-16-19-22-24-25-26-27-28-29-32-34-37-40-43-46-52(55)58-49-50(48-57-51(54)45-42-39-36-33-30-21-18-15-12-9-6-3)59-53(56)47-44-41-38-35-31-23-20-17-14-11-8-5-2/h15,18,25-28,50H,4-14,16-17,19-24,29-49H2,1-3H3/b18-15-,26-25-,28-27-. The van der Waals surface area contributed by atoms with Crippen molar-refractivity contribution < 1.29 is 28.6 Å². The summed E-state index contributed by atoms with van der Waals surface area (Å²) < 4.78 is 16.7. The molecule has 0 rings (SSSR count). The van der Waals surface area contributed by atoms with E-state index in [1.54, 1.807) is 0 Å². The van der Waals surface area contributed by atoms with Crippen molar-refractivity contribution in [2.75, 3.05) is 13.2 Å². The van der Waals surface area contributed by atoms with E-state index in [1.807, 2.05) is 0 Å². The lowest BCUT2D eigenvalue weighted by Crippen LogP contribution is -2.30. The van der Waals surface area contributed by atoms with E-state index >= 15 is 0 Å². The first kappa shape index (κ1) is 56.6. The quantitative estimate of drug-likeness (QED) is 0.0200. The highest BCUT2D eigenvalue weighted by atomic mass is 16.6. The number of carbonyl (C=O) groups is 3. The van der Waals surface area contributed by atoms with Crippen molar-refractivity contribution in [1.29, 1.82) is 0 Å². The van der Waals surface area contributed by atoms with Gasteiger partial charge in [0.15, 0.2) is 6.10 Å². The molecule has 344 valence electrons. The van der Waals surface area contributed by atoms with Gasteiger partial charge in [-0.15, -0.1) is 0 Å². The van der Waals surface area contributed by atoms with Gasteiger partial charge in [-0.3, -0.25) is 14.4 Å². The number of ether oxygens (including phenoxy) is 3. The molecule has 0 amide bonds. The molecule has 0 saturated carbocycles. The summed E-state index contributed by atoms with van der Waals surface area (Å²) in [5, 5.41) is 0. The maximum Gasteiger partial charge on any atom is 0.306 e. The van der Waals surface area contributed by atoms with Crippen LogP contribution in [0.1, 0.15) is 265 Å².